The number of aryl methyl sites for hydroxylation is 1. The molecular formula is C20H23N3O3S. The van der Waals surface area contributed by atoms with Gasteiger partial charge in [-0.2, -0.15) is 0 Å². The molecule has 7 heteroatoms. The molecule has 4 rings (SSSR count). The molecule has 0 bridgehead atoms. The zero-order chi connectivity index (χ0) is 19.2. The highest BCUT2D eigenvalue weighted by Crippen LogP contribution is 2.36. The van der Waals surface area contributed by atoms with Crippen molar-refractivity contribution in [2.24, 2.45) is 13.0 Å². The van der Waals surface area contributed by atoms with E-state index in [0.29, 0.717) is 11.4 Å². The quantitative estimate of drug-likeness (QED) is 0.683. The Labute approximate surface area is 158 Å². The van der Waals surface area contributed by atoms with E-state index in [0.717, 1.165) is 34.3 Å². The third kappa shape index (κ3) is 3.78. The second-order valence-electron chi connectivity index (χ2n) is 7.50. The van der Waals surface area contributed by atoms with Crippen LogP contribution in [-0.2, 0) is 22.6 Å². The average molecular weight is 385 g/mol. The lowest BCUT2D eigenvalue weighted by Crippen LogP contribution is -2.07. The van der Waals surface area contributed by atoms with Gasteiger partial charge in [0.2, 0.25) is 0 Å². The van der Waals surface area contributed by atoms with Gasteiger partial charge in [0.05, 0.1) is 5.75 Å². The van der Waals surface area contributed by atoms with E-state index in [9.17, 15) is 13.2 Å². The number of H-pyrrole nitrogens is 1. The van der Waals surface area contributed by atoms with Gasteiger partial charge in [-0.3, -0.25) is 4.79 Å². The van der Waals surface area contributed by atoms with Crippen LogP contribution in [-0.4, -0.2) is 30.8 Å². The predicted molar refractivity (Wildman–Crippen MR) is 109 cm³/mol. The van der Waals surface area contributed by atoms with Crippen LogP contribution in [0.3, 0.4) is 0 Å². The minimum absolute atomic E-state index is 0.00570. The van der Waals surface area contributed by atoms with E-state index >= 15 is 0 Å². The first-order chi connectivity index (χ1) is 12.8. The van der Waals surface area contributed by atoms with E-state index in [1.165, 1.54) is 19.1 Å². The number of anilines is 1. The molecule has 27 heavy (non-hydrogen) atoms. The minimum atomic E-state index is -3.13. The van der Waals surface area contributed by atoms with Gasteiger partial charge in [-0.1, -0.05) is 6.07 Å². The number of rotatable bonds is 6. The van der Waals surface area contributed by atoms with E-state index in [4.69, 9.17) is 0 Å². The number of nitrogens with zero attached hydrogens (tertiary/aromatic N) is 1. The van der Waals surface area contributed by atoms with Gasteiger partial charge < -0.3 is 14.9 Å². The van der Waals surface area contributed by atoms with Crippen molar-refractivity contribution in [1.82, 2.24) is 9.55 Å². The number of fused-ring (bicyclic) bond motifs is 1. The summed E-state index contributed by atoms with van der Waals surface area (Å²) in [5.74, 6) is 0.706. The van der Waals surface area contributed by atoms with E-state index in [1.807, 2.05) is 42.1 Å². The molecule has 142 valence electrons. The first-order valence-corrected chi connectivity index (χ1v) is 11.1. The highest BCUT2D eigenvalue weighted by molar-refractivity contribution is 7.89. The summed E-state index contributed by atoms with van der Waals surface area (Å²) in [6, 6.07) is 7.62. The van der Waals surface area contributed by atoms with Gasteiger partial charge in [0, 0.05) is 54.4 Å². The van der Waals surface area contributed by atoms with Crippen LogP contribution >= 0.6 is 0 Å². The molecule has 1 saturated carbocycles. The Morgan fingerprint density at radius 3 is 2.70 bits per heavy atom. The van der Waals surface area contributed by atoms with Crippen LogP contribution < -0.4 is 10.9 Å². The van der Waals surface area contributed by atoms with Gasteiger partial charge in [-0.15, -0.1) is 0 Å². The van der Waals surface area contributed by atoms with Gasteiger partial charge in [0.1, 0.15) is 5.52 Å². The normalized spacial score (nSPS) is 14.6. The van der Waals surface area contributed by atoms with Gasteiger partial charge in [-0.05, 0) is 42.5 Å². The summed E-state index contributed by atoms with van der Waals surface area (Å²) >= 11 is 0. The highest BCUT2D eigenvalue weighted by atomic mass is 32.2. The second kappa shape index (κ2) is 6.56. The number of nitrogens with one attached hydrogen (secondary N) is 2. The summed E-state index contributed by atoms with van der Waals surface area (Å²) in [6.07, 6.45) is 7.31. The zero-order valence-electron chi connectivity index (χ0n) is 15.5. The van der Waals surface area contributed by atoms with Crippen molar-refractivity contribution < 1.29 is 8.42 Å². The summed E-state index contributed by atoms with van der Waals surface area (Å²) in [5, 5.41) is 4.36. The molecule has 2 N–H and O–H groups in total. The zero-order valence-corrected chi connectivity index (χ0v) is 16.3. The Bertz CT molecular complexity index is 1170. The topological polar surface area (TPSA) is 84.0 Å². The molecule has 0 atom stereocenters. The maximum atomic E-state index is 12.2. The molecule has 0 unspecified atom stereocenters. The smallest absolute Gasteiger partial charge is 0.272 e. The van der Waals surface area contributed by atoms with Crippen molar-refractivity contribution in [2.75, 3.05) is 18.1 Å². The van der Waals surface area contributed by atoms with E-state index in [1.54, 1.807) is 6.20 Å². The van der Waals surface area contributed by atoms with Crippen LogP contribution in [0, 0.1) is 5.92 Å². The Morgan fingerprint density at radius 1 is 1.22 bits per heavy atom. The van der Waals surface area contributed by atoms with Crippen molar-refractivity contribution in [3.8, 4) is 11.1 Å². The van der Waals surface area contributed by atoms with Crippen molar-refractivity contribution in [3.05, 3.63) is 52.6 Å². The van der Waals surface area contributed by atoms with Gasteiger partial charge in [0.15, 0.2) is 9.84 Å². The first kappa shape index (κ1) is 17.9. The average Bonchev–Trinajstić information content (AvgIpc) is 3.35. The van der Waals surface area contributed by atoms with E-state index < -0.39 is 9.84 Å². The maximum absolute atomic E-state index is 12.2. The molecule has 1 aliphatic rings. The summed E-state index contributed by atoms with van der Waals surface area (Å²) < 4.78 is 25.3. The highest BCUT2D eigenvalue weighted by Gasteiger charge is 2.22. The molecule has 1 aliphatic carbocycles. The van der Waals surface area contributed by atoms with Crippen molar-refractivity contribution in [1.29, 1.82) is 0 Å². The van der Waals surface area contributed by atoms with Gasteiger partial charge in [0.25, 0.3) is 5.56 Å². The Hall–Kier alpha value is -2.54. The molecule has 3 aromatic rings. The minimum Gasteiger partial charge on any atom is -0.384 e. The summed E-state index contributed by atoms with van der Waals surface area (Å²) in [4.78, 5) is 14.9. The van der Waals surface area contributed by atoms with Crippen LogP contribution in [0.1, 0.15) is 18.4 Å². The van der Waals surface area contributed by atoms with Crippen LogP contribution in [0.15, 0.2) is 41.5 Å². The molecule has 1 fully saturated rings. The number of sulfone groups is 1. The SMILES string of the molecule is Cn1cc(-c2cc(CS(C)(=O)=O)ccc2NCC2CC2)c2cc[nH]c(=O)c21. The molecule has 0 radical (unpaired) electrons. The maximum Gasteiger partial charge on any atom is 0.272 e. The number of aromatic amines is 1. The van der Waals surface area contributed by atoms with Crippen LogP contribution in [0.5, 0.6) is 0 Å². The molecule has 0 saturated heterocycles. The van der Waals surface area contributed by atoms with Crippen LogP contribution in [0.2, 0.25) is 0 Å². The Kier molecular flexibility index (Phi) is 4.34. The van der Waals surface area contributed by atoms with Gasteiger partial charge >= 0.3 is 0 Å². The fourth-order valence-electron chi connectivity index (χ4n) is 3.52. The predicted octanol–water partition coefficient (Wildman–Crippen LogP) is 2.90. The molecule has 0 aliphatic heterocycles. The fraction of sp³-hybridized carbons (Fsp3) is 0.350. The largest absolute Gasteiger partial charge is 0.384 e. The van der Waals surface area contributed by atoms with Crippen LogP contribution in [0.4, 0.5) is 5.69 Å². The summed E-state index contributed by atoms with van der Waals surface area (Å²) in [5.41, 5.74) is 4.02. The number of pyridine rings is 1. The van der Waals surface area contributed by atoms with Crippen LogP contribution in [0.25, 0.3) is 22.0 Å². The molecule has 1 aromatic carbocycles. The monoisotopic (exact) mass is 385 g/mol. The first-order valence-electron chi connectivity index (χ1n) is 9.03. The molecule has 0 spiro atoms. The third-order valence-corrected chi connectivity index (χ3v) is 5.84. The second-order valence-corrected chi connectivity index (χ2v) is 9.64. The lowest BCUT2D eigenvalue weighted by molar-refractivity contribution is 0.601. The number of hydrogen-bond acceptors (Lipinski definition) is 4. The molecule has 6 nitrogen and oxygen atoms in total. The number of hydrogen-bond donors (Lipinski definition) is 2. The standard InChI is InChI=1S/C20H23N3O3S/c1-23-11-17(15-7-8-21-20(24)19(15)23)16-9-14(12-27(2,25)26)5-6-18(16)22-10-13-3-4-13/h5-9,11,13,22H,3-4,10,12H2,1-2H3,(H,21,24). The summed E-state index contributed by atoms with van der Waals surface area (Å²) in [7, 11) is -1.28. The lowest BCUT2D eigenvalue weighted by Gasteiger charge is -2.13. The Morgan fingerprint density at radius 2 is 2.00 bits per heavy atom. The lowest BCUT2D eigenvalue weighted by atomic mass is 10.0. The molecule has 2 aromatic heterocycles. The molecular weight excluding hydrogens is 362 g/mol. The number of benzene rings is 1. The van der Waals surface area contributed by atoms with E-state index in [2.05, 4.69) is 10.3 Å². The third-order valence-electron chi connectivity index (χ3n) is 4.98. The summed E-state index contributed by atoms with van der Waals surface area (Å²) in [6.45, 7) is 0.907. The van der Waals surface area contributed by atoms with Gasteiger partial charge in [-0.25, -0.2) is 8.42 Å². The molecule has 0 amide bonds. The number of aromatic nitrogens is 2. The molecule has 2 heterocycles. The fourth-order valence-corrected chi connectivity index (χ4v) is 4.30. The van der Waals surface area contributed by atoms with Crippen molar-refractivity contribution in [3.63, 3.8) is 0 Å². The van der Waals surface area contributed by atoms with E-state index in [-0.39, 0.29) is 11.3 Å². The Balaban J connectivity index is 1.87. The van der Waals surface area contributed by atoms with Crippen molar-refractivity contribution in [2.45, 2.75) is 18.6 Å². The van der Waals surface area contributed by atoms with Crippen molar-refractivity contribution >= 4 is 26.4 Å².